The molecule has 0 aromatic carbocycles. The van der Waals surface area contributed by atoms with E-state index in [0.717, 1.165) is 6.54 Å². The van der Waals surface area contributed by atoms with E-state index in [1.165, 1.54) is 32.2 Å². The van der Waals surface area contributed by atoms with Gasteiger partial charge in [0.1, 0.15) is 0 Å². The van der Waals surface area contributed by atoms with Crippen LogP contribution in [-0.2, 0) is 0 Å². The van der Waals surface area contributed by atoms with Gasteiger partial charge in [-0.3, -0.25) is 0 Å². The number of hydrogen-bond acceptors (Lipinski definition) is 3. The van der Waals surface area contributed by atoms with Crippen LogP contribution in [0.5, 0.6) is 0 Å². The molecule has 0 radical (unpaired) electrons. The molecule has 1 atom stereocenters. The number of nitrogens with zero attached hydrogens (tertiary/aromatic N) is 2. The van der Waals surface area contributed by atoms with Gasteiger partial charge in [0.05, 0.1) is 0 Å². The summed E-state index contributed by atoms with van der Waals surface area (Å²) in [5, 5.41) is 3.69. The molecule has 1 saturated carbocycles. The number of nitrogens with one attached hydrogen (secondary N) is 1. The SMILES string of the molecule is CCC(C)(C)NCC(C)N(C)CC1(N(C)C)CCC1. The summed E-state index contributed by atoms with van der Waals surface area (Å²) in [6, 6.07) is 0.586. The zero-order valence-corrected chi connectivity index (χ0v) is 14.2. The van der Waals surface area contributed by atoms with Gasteiger partial charge in [-0.15, -0.1) is 0 Å². The molecule has 3 heteroatoms. The van der Waals surface area contributed by atoms with Crippen molar-refractivity contribution in [3.8, 4) is 0 Å². The summed E-state index contributed by atoms with van der Waals surface area (Å²) in [6.07, 6.45) is 5.27. The smallest absolute Gasteiger partial charge is 0.0330 e. The van der Waals surface area contributed by atoms with Gasteiger partial charge in [-0.1, -0.05) is 6.92 Å². The van der Waals surface area contributed by atoms with Gasteiger partial charge in [-0.2, -0.15) is 0 Å². The Kier molecular flexibility index (Phi) is 5.84. The fraction of sp³-hybridized carbons (Fsp3) is 1.00. The highest BCUT2D eigenvalue weighted by Crippen LogP contribution is 2.36. The average molecular weight is 269 g/mol. The minimum absolute atomic E-state index is 0.255. The molecule has 114 valence electrons. The predicted molar refractivity (Wildman–Crippen MR) is 84.7 cm³/mol. The summed E-state index contributed by atoms with van der Waals surface area (Å²) >= 11 is 0. The van der Waals surface area contributed by atoms with Crippen LogP contribution in [0.25, 0.3) is 0 Å². The summed E-state index contributed by atoms with van der Waals surface area (Å²) in [5.41, 5.74) is 0.689. The molecule has 3 nitrogen and oxygen atoms in total. The number of hydrogen-bond donors (Lipinski definition) is 1. The maximum Gasteiger partial charge on any atom is 0.0330 e. The van der Waals surface area contributed by atoms with Crippen molar-refractivity contribution in [2.75, 3.05) is 34.2 Å². The highest BCUT2D eigenvalue weighted by atomic mass is 15.2. The molecule has 0 amide bonds. The zero-order valence-electron chi connectivity index (χ0n) is 14.2. The average Bonchev–Trinajstić information content (AvgIpc) is 2.30. The highest BCUT2D eigenvalue weighted by Gasteiger charge is 2.40. The minimum Gasteiger partial charge on any atom is -0.310 e. The lowest BCUT2D eigenvalue weighted by Crippen LogP contribution is -2.59. The van der Waals surface area contributed by atoms with Crippen molar-refractivity contribution in [2.45, 2.75) is 70.5 Å². The standard InChI is InChI=1S/C16H35N3/c1-8-15(3,4)17-12-14(2)19(7)13-16(18(5)6)10-9-11-16/h14,17H,8-13H2,1-7H3. The van der Waals surface area contributed by atoms with Gasteiger partial charge >= 0.3 is 0 Å². The summed E-state index contributed by atoms with van der Waals surface area (Å²) in [5.74, 6) is 0. The third-order valence-electron chi connectivity index (χ3n) is 5.29. The van der Waals surface area contributed by atoms with E-state index in [-0.39, 0.29) is 5.54 Å². The third-order valence-corrected chi connectivity index (χ3v) is 5.29. The first-order valence-corrected chi connectivity index (χ1v) is 7.85. The summed E-state index contributed by atoms with van der Waals surface area (Å²) in [4.78, 5) is 4.96. The fourth-order valence-corrected chi connectivity index (χ4v) is 2.66. The maximum atomic E-state index is 3.69. The van der Waals surface area contributed by atoms with E-state index in [9.17, 15) is 0 Å². The van der Waals surface area contributed by atoms with Gasteiger partial charge in [0, 0.05) is 30.2 Å². The second-order valence-electron chi connectivity index (χ2n) is 7.35. The van der Waals surface area contributed by atoms with Crippen LogP contribution in [0.1, 0.15) is 53.4 Å². The Morgan fingerprint density at radius 3 is 2.16 bits per heavy atom. The number of likely N-dealkylation sites (N-methyl/N-ethyl adjacent to an activating group) is 2. The van der Waals surface area contributed by atoms with Crippen molar-refractivity contribution >= 4 is 0 Å². The van der Waals surface area contributed by atoms with E-state index in [0.29, 0.717) is 11.6 Å². The van der Waals surface area contributed by atoms with Gasteiger partial charge in [0.25, 0.3) is 0 Å². The molecule has 1 aliphatic carbocycles. The van der Waals surface area contributed by atoms with Crippen molar-refractivity contribution in [1.82, 2.24) is 15.1 Å². The van der Waals surface area contributed by atoms with E-state index in [4.69, 9.17) is 0 Å². The second-order valence-corrected chi connectivity index (χ2v) is 7.35. The third kappa shape index (κ3) is 4.44. The Labute approximate surface area is 120 Å². The van der Waals surface area contributed by atoms with Crippen LogP contribution in [0, 0.1) is 0 Å². The first-order valence-electron chi connectivity index (χ1n) is 7.85. The zero-order chi connectivity index (χ0) is 14.7. The van der Waals surface area contributed by atoms with Gasteiger partial charge < -0.3 is 15.1 Å². The Morgan fingerprint density at radius 1 is 1.21 bits per heavy atom. The van der Waals surface area contributed by atoms with E-state index in [1.54, 1.807) is 0 Å². The number of rotatable bonds is 8. The van der Waals surface area contributed by atoms with Crippen LogP contribution in [0.2, 0.25) is 0 Å². The van der Waals surface area contributed by atoms with Gasteiger partial charge in [0.15, 0.2) is 0 Å². The Bertz CT molecular complexity index is 269. The molecule has 0 saturated heterocycles. The van der Waals surface area contributed by atoms with Crippen LogP contribution in [0.4, 0.5) is 0 Å². The maximum absolute atomic E-state index is 3.69. The summed E-state index contributed by atoms with van der Waals surface area (Å²) < 4.78 is 0. The lowest BCUT2D eigenvalue weighted by Gasteiger charge is -2.50. The quantitative estimate of drug-likeness (QED) is 0.730. The lowest BCUT2D eigenvalue weighted by atomic mass is 9.75. The topological polar surface area (TPSA) is 18.5 Å². The molecule has 19 heavy (non-hydrogen) atoms. The van der Waals surface area contributed by atoms with Crippen LogP contribution in [0.15, 0.2) is 0 Å². The molecular formula is C16H35N3. The predicted octanol–water partition coefficient (Wildman–Crippen LogP) is 2.57. The Balaban J connectivity index is 2.42. The normalized spacial score (nSPS) is 20.7. The van der Waals surface area contributed by atoms with Gasteiger partial charge in [-0.05, 0) is 67.6 Å². The second kappa shape index (κ2) is 6.55. The van der Waals surface area contributed by atoms with E-state index >= 15 is 0 Å². The van der Waals surface area contributed by atoms with E-state index in [2.05, 4.69) is 64.0 Å². The van der Waals surface area contributed by atoms with Crippen molar-refractivity contribution in [2.24, 2.45) is 0 Å². The molecule has 0 aliphatic heterocycles. The van der Waals surface area contributed by atoms with Crippen LogP contribution in [0.3, 0.4) is 0 Å². The van der Waals surface area contributed by atoms with Gasteiger partial charge in [-0.25, -0.2) is 0 Å². The molecule has 0 heterocycles. The van der Waals surface area contributed by atoms with Crippen molar-refractivity contribution < 1.29 is 0 Å². The Hall–Kier alpha value is -0.120. The van der Waals surface area contributed by atoms with Crippen molar-refractivity contribution in [3.05, 3.63) is 0 Å². The van der Waals surface area contributed by atoms with Crippen molar-refractivity contribution in [3.63, 3.8) is 0 Å². The van der Waals surface area contributed by atoms with Gasteiger partial charge in [0.2, 0.25) is 0 Å². The molecule has 1 fully saturated rings. The first kappa shape index (κ1) is 16.9. The molecule has 1 aliphatic rings. The summed E-state index contributed by atoms with van der Waals surface area (Å²) in [6.45, 7) is 11.4. The summed E-state index contributed by atoms with van der Waals surface area (Å²) in [7, 11) is 6.74. The molecule has 1 rings (SSSR count). The van der Waals surface area contributed by atoms with Crippen molar-refractivity contribution in [1.29, 1.82) is 0 Å². The molecule has 0 aromatic heterocycles. The largest absolute Gasteiger partial charge is 0.310 e. The molecule has 0 bridgehead atoms. The van der Waals surface area contributed by atoms with E-state index < -0.39 is 0 Å². The molecule has 1 N–H and O–H groups in total. The van der Waals surface area contributed by atoms with Crippen LogP contribution >= 0.6 is 0 Å². The molecule has 0 aromatic rings. The highest BCUT2D eigenvalue weighted by molar-refractivity contribution is 4.98. The fourth-order valence-electron chi connectivity index (χ4n) is 2.66. The van der Waals surface area contributed by atoms with Crippen LogP contribution < -0.4 is 5.32 Å². The first-order chi connectivity index (χ1) is 8.72. The molecular weight excluding hydrogens is 234 g/mol. The Morgan fingerprint density at radius 2 is 1.79 bits per heavy atom. The minimum atomic E-state index is 0.255. The van der Waals surface area contributed by atoms with Crippen LogP contribution in [-0.4, -0.2) is 61.2 Å². The monoisotopic (exact) mass is 269 g/mol. The molecule has 1 unspecified atom stereocenters. The molecule has 0 spiro atoms. The lowest BCUT2D eigenvalue weighted by molar-refractivity contribution is 0.0175. The van der Waals surface area contributed by atoms with E-state index in [1.807, 2.05) is 0 Å².